The van der Waals surface area contributed by atoms with Crippen LogP contribution in [0.15, 0.2) is 36.7 Å². The lowest BCUT2D eigenvalue weighted by Crippen LogP contribution is -2.31. The van der Waals surface area contributed by atoms with Crippen molar-refractivity contribution in [3.8, 4) is 5.75 Å². The van der Waals surface area contributed by atoms with Gasteiger partial charge in [-0.15, -0.1) is 0 Å². The zero-order chi connectivity index (χ0) is 19.5. The summed E-state index contributed by atoms with van der Waals surface area (Å²) in [5, 5.41) is 4.37. The van der Waals surface area contributed by atoms with Crippen molar-refractivity contribution in [3.63, 3.8) is 0 Å². The molecule has 0 radical (unpaired) electrons. The standard InChI is InChI=1S/C22H27N5O/c1-3-15-12-24-22(25-13-15)27-16-7-9-17(10-8-16)28-20-6-4-5-19-21(20)18(23)11-14(2)26-19/h4-6,11-13,16-17H,3,7-10H2,1-2H3,(H2,23,26)(H,24,25,27). The van der Waals surface area contributed by atoms with Crippen molar-refractivity contribution >= 4 is 22.5 Å². The Kier molecular flexibility index (Phi) is 5.28. The third-order valence-corrected chi connectivity index (χ3v) is 5.37. The summed E-state index contributed by atoms with van der Waals surface area (Å²) in [4.78, 5) is 13.4. The molecule has 6 nitrogen and oxygen atoms in total. The maximum Gasteiger partial charge on any atom is 0.222 e. The molecule has 3 N–H and O–H groups in total. The minimum Gasteiger partial charge on any atom is -0.490 e. The van der Waals surface area contributed by atoms with Crippen LogP contribution in [-0.2, 0) is 6.42 Å². The summed E-state index contributed by atoms with van der Waals surface area (Å²) in [5.74, 6) is 1.54. The van der Waals surface area contributed by atoms with Gasteiger partial charge in [0.1, 0.15) is 5.75 Å². The average Bonchev–Trinajstić information content (AvgIpc) is 2.70. The van der Waals surface area contributed by atoms with E-state index >= 15 is 0 Å². The SMILES string of the molecule is CCc1cnc(NC2CCC(Oc3cccc4nc(C)cc(N)c34)CC2)nc1. The Labute approximate surface area is 165 Å². The molecule has 4 rings (SSSR count). The lowest BCUT2D eigenvalue weighted by molar-refractivity contribution is 0.152. The predicted molar refractivity (Wildman–Crippen MR) is 113 cm³/mol. The van der Waals surface area contributed by atoms with E-state index in [2.05, 4.69) is 27.2 Å². The number of aryl methyl sites for hydroxylation is 2. The summed E-state index contributed by atoms with van der Waals surface area (Å²) in [6, 6.07) is 8.24. The molecule has 0 bridgehead atoms. The van der Waals surface area contributed by atoms with E-state index in [0.717, 1.165) is 65.7 Å². The van der Waals surface area contributed by atoms with E-state index in [1.54, 1.807) is 0 Å². The molecule has 2 heterocycles. The zero-order valence-corrected chi connectivity index (χ0v) is 16.5. The van der Waals surface area contributed by atoms with Crippen molar-refractivity contribution in [2.45, 2.75) is 58.1 Å². The highest BCUT2D eigenvalue weighted by molar-refractivity contribution is 5.95. The van der Waals surface area contributed by atoms with Gasteiger partial charge in [-0.05, 0) is 62.8 Å². The van der Waals surface area contributed by atoms with Crippen molar-refractivity contribution < 1.29 is 4.74 Å². The summed E-state index contributed by atoms with van der Waals surface area (Å²) in [6.07, 6.45) is 8.96. The first-order valence-corrected chi connectivity index (χ1v) is 10.0. The number of pyridine rings is 1. The van der Waals surface area contributed by atoms with Gasteiger partial charge in [0.05, 0.1) is 17.0 Å². The minimum absolute atomic E-state index is 0.188. The van der Waals surface area contributed by atoms with Gasteiger partial charge in [-0.2, -0.15) is 0 Å². The fraction of sp³-hybridized carbons (Fsp3) is 0.409. The van der Waals surface area contributed by atoms with Crippen LogP contribution in [0.3, 0.4) is 0 Å². The Hall–Kier alpha value is -2.89. The number of nitrogens with zero attached hydrogens (tertiary/aromatic N) is 3. The van der Waals surface area contributed by atoms with Crippen LogP contribution in [0.1, 0.15) is 43.9 Å². The van der Waals surface area contributed by atoms with Gasteiger partial charge in [0, 0.05) is 29.8 Å². The first kappa shape index (κ1) is 18.5. The second kappa shape index (κ2) is 8.00. The Morgan fingerprint density at radius 1 is 1.14 bits per heavy atom. The second-order valence-corrected chi connectivity index (χ2v) is 7.51. The summed E-state index contributed by atoms with van der Waals surface area (Å²) in [6.45, 7) is 4.06. The Balaban J connectivity index is 1.39. The molecule has 6 heteroatoms. The molecule has 0 saturated heterocycles. The van der Waals surface area contributed by atoms with E-state index in [1.807, 2.05) is 43.6 Å². The molecule has 1 fully saturated rings. The number of nitrogen functional groups attached to an aromatic ring is 1. The first-order valence-electron chi connectivity index (χ1n) is 10.0. The predicted octanol–water partition coefficient (Wildman–Crippen LogP) is 4.28. The van der Waals surface area contributed by atoms with Gasteiger partial charge in [0.25, 0.3) is 0 Å². The molecule has 0 unspecified atom stereocenters. The third-order valence-electron chi connectivity index (χ3n) is 5.37. The zero-order valence-electron chi connectivity index (χ0n) is 16.5. The highest BCUT2D eigenvalue weighted by Crippen LogP contribution is 2.33. The largest absolute Gasteiger partial charge is 0.490 e. The lowest BCUT2D eigenvalue weighted by Gasteiger charge is -2.30. The maximum atomic E-state index is 6.34. The van der Waals surface area contributed by atoms with Crippen molar-refractivity contribution in [1.82, 2.24) is 15.0 Å². The Morgan fingerprint density at radius 3 is 2.61 bits per heavy atom. The number of anilines is 2. The van der Waals surface area contributed by atoms with Gasteiger partial charge < -0.3 is 15.8 Å². The third kappa shape index (κ3) is 4.01. The van der Waals surface area contributed by atoms with E-state index < -0.39 is 0 Å². The minimum atomic E-state index is 0.188. The number of aromatic nitrogens is 3. The van der Waals surface area contributed by atoms with Gasteiger partial charge in [0.15, 0.2) is 0 Å². The van der Waals surface area contributed by atoms with Crippen LogP contribution in [0.2, 0.25) is 0 Å². The maximum absolute atomic E-state index is 6.34. The number of ether oxygens (including phenoxy) is 1. The highest BCUT2D eigenvalue weighted by atomic mass is 16.5. The van der Waals surface area contributed by atoms with Crippen LogP contribution in [0, 0.1) is 6.92 Å². The molecule has 2 aromatic heterocycles. The molecule has 1 aliphatic carbocycles. The molecule has 0 amide bonds. The van der Waals surface area contributed by atoms with Crippen molar-refractivity contribution in [2.24, 2.45) is 0 Å². The van der Waals surface area contributed by atoms with Crippen LogP contribution in [0.25, 0.3) is 10.9 Å². The van der Waals surface area contributed by atoms with Gasteiger partial charge >= 0.3 is 0 Å². The van der Waals surface area contributed by atoms with E-state index in [0.29, 0.717) is 12.0 Å². The summed E-state index contributed by atoms with van der Waals surface area (Å²) in [5.41, 5.74) is 9.93. The number of hydrogen-bond acceptors (Lipinski definition) is 6. The Morgan fingerprint density at radius 2 is 1.89 bits per heavy atom. The number of rotatable bonds is 5. The van der Waals surface area contributed by atoms with E-state index in [9.17, 15) is 0 Å². The van der Waals surface area contributed by atoms with Crippen LogP contribution in [-0.4, -0.2) is 27.1 Å². The molecule has 1 aromatic carbocycles. The number of benzene rings is 1. The van der Waals surface area contributed by atoms with E-state index in [-0.39, 0.29) is 6.10 Å². The van der Waals surface area contributed by atoms with Gasteiger partial charge in [-0.3, -0.25) is 4.98 Å². The molecule has 3 aromatic rings. The molecule has 0 spiro atoms. The fourth-order valence-corrected chi connectivity index (χ4v) is 3.82. The van der Waals surface area contributed by atoms with Gasteiger partial charge in [-0.1, -0.05) is 13.0 Å². The van der Waals surface area contributed by atoms with Crippen LogP contribution < -0.4 is 15.8 Å². The molecular formula is C22H27N5O. The Bertz CT molecular complexity index is 949. The van der Waals surface area contributed by atoms with Gasteiger partial charge in [-0.25, -0.2) is 9.97 Å². The van der Waals surface area contributed by atoms with Crippen LogP contribution in [0.5, 0.6) is 5.75 Å². The average molecular weight is 377 g/mol. The molecule has 1 saturated carbocycles. The fourth-order valence-electron chi connectivity index (χ4n) is 3.82. The monoisotopic (exact) mass is 377 g/mol. The lowest BCUT2D eigenvalue weighted by atomic mass is 9.93. The molecular weight excluding hydrogens is 350 g/mol. The van der Waals surface area contributed by atoms with Crippen LogP contribution in [0.4, 0.5) is 11.6 Å². The molecule has 0 atom stereocenters. The molecule has 28 heavy (non-hydrogen) atoms. The topological polar surface area (TPSA) is 86.0 Å². The van der Waals surface area contributed by atoms with Gasteiger partial charge in [0.2, 0.25) is 5.95 Å². The van der Waals surface area contributed by atoms with E-state index in [4.69, 9.17) is 10.5 Å². The summed E-state index contributed by atoms with van der Waals surface area (Å²) < 4.78 is 6.34. The van der Waals surface area contributed by atoms with Crippen molar-refractivity contribution in [3.05, 3.63) is 47.9 Å². The molecule has 0 aliphatic heterocycles. The smallest absolute Gasteiger partial charge is 0.222 e. The normalized spacial score (nSPS) is 19.5. The summed E-state index contributed by atoms with van der Waals surface area (Å²) in [7, 11) is 0. The molecule has 1 aliphatic rings. The summed E-state index contributed by atoms with van der Waals surface area (Å²) >= 11 is 0. The van der Waals surface area contributed by atoms with Crippen molar-refractivity contribution in [2.75, 3.05) is 11.1 Å². The first-order chi connectivity index (χ1) is 13.6. The second-order valence-electron chi connectivity index (χ2n) is 7.51. The van der Waals surface area contributed by atoms with E-state index in [1.165, 1.54) is 0 Å². The number of hydrogen-bond donors (Lipinski definition) is 2. The molecule has 146 valence electrons. The number of nitrogens with one attached hydrogen (secondary N) is 1. The van der Waals surface area contributed by atoms with Crippen molar-refractivity contribution in [1.29, 1.82) is 0 Å². The quantitative estimate of drug-likeness (QED) is 0.690. The highest BCUT2D eigenvalue weighted by Gasteiger charge is 2.23. The number of nitrogens with two attached hydrogens (primary N) is 1. The number of fused-ring (bicyclic) bond motifs is 1. The van der Waals surface area contributed by atoms with Crippen LogP contribution >= 0.6 is 0 Å².